The molecule has 0 aromatic heterocycles. The second kappa shape index (κ2) is 10.5. The number of anilines is 2. The maximum Gasteiger partial charge on any atom is 0.262 e. The molecule has 11 heteroatoms. The maximum atomic E-state index is 12.7. The van der Waals surface area contributed by atoms with E-state index in [1.54, 1.807) is 32.0 Å². The highest BCUT2D eigenvalue weighted by Gasteiger charge is 2.17. The van der Waals surface area contributed by atoms with Crippen LogP contribution >= 0.6 is 0 Å². The molecule has 0 unspecified atom stereocenters. The van der Waals surface area contributed by atoms with Gasteiger partial charge in [0, 0.05) is 11.4 Å². The summed E-state index contributed by atoms with van der Waals surface area (Å²) in [7, 11) is -6.15. The fourth-order valence-electron chi connectivity index (χ4n) is 3.14. The normalized spacial score (nSPS) is 11.7. The number of aryl methyl sites for hydroxylation is 3. The molecule has 3 N–H and O–H groups in total. The van der Waals surface area contributed by atoms with Crippen molar-refractivity contribution in [3.05, 3.63) is 77.4 Å². The van der Waals surface area contributed by atoms with Crippen molar-refractivity contribution in [3.63, 3.8) is 0 Å². The highest BCUT2D eigenvalue weighted by molar-refractivity contribution is 7.92. The van der Waals surface area contributed by atoms with Gasteiger partial charge in [-0.1, -0.05) is 23.8 Å². The van der Waals surface area contributed by atoms with Crippen molar-refractivity contribution in [1.82, 2.24) is 4.72 Å². The molecule has 0 saturated heterocycles. The Bertz CT molecular complexity index is 1450. The Kier molecular flexibility index (Phi) is 7.83. The molecule has 0 bridgehead atoms. The number of carbonyl (C=O) groups is 1. The van der Waals surface area contributed by atoms with Gasteiger partial charge in [-0.3, -0.25) is 9.52 Å². The Morgan fingerprint density at radius 3 is 2.06 bits per heavy atom. The summed E-state index contributed by atoms with van der Waals surface area (Å²) in [5, 5.41) is 2.64. The molecule has 0 heterocycles. The average molecular weight is 518 g/mol. The molecule has 3 rings (SSSR count). The summed E-state index contributed by atoms with van der Waals surface area (Å²) in [4.78, 5) is 12.5. The quantitative estimate of drug-likeness (QED) is 0.399. The van der Waals surface area contributed by atoms with Crippen molar-refractivity contribution < 1.29 is 26.4 Å². The minimum atomic E-state index is -3.80. The van der Waals surface area contributed by atoms with Gasteiger partial charge in [0.1, 0.15) is 5.75 Å². The molecule has 0 fully saturated rings. The average Bonchev–Trinajstić information content (AvgIpc) is 2.81. The van der Waals surface area contributed by atoms with Gasteiger partial charge in [0.25, 0.3) is 15.9 Å². The SMILES string of the molecule is CNS(=O)(=O)c1ccc(C)c(NC(=O)COc2ccc(S(=O)(=O)Nc3ccc(C)cc3)cc2C)c1. The molecule has 0 saturated carbocycles. The van der Waals surface area contributed by atoms with E-state index in [9.17, 15) is 21.6 Å². The van der Waals surface area contributed by atoms with Crippen LogP contribution in [0.25, 0.3) is 0 Å². The lowest BCUT2D eigenvalue weighted by molar-refractivity contribution is -0.118. The first kappa shape index (κ1) is 26.2. The molecule has 3 aromatic carbocycles. The van der Waals surface area contributed by atoms with Crippen LogP contribution in [0.4, 0.5) is 11.4 Å². The summed E-state index contributed by atoms with van der Waals surface area (Å²) in [6.07, 6.45) is 0. The lowest BCUT2D eigenvalue weighted by Gasteiger charge is -2.14. The van der Waals surface area contributed by atoms with Crippen LogP contribution in [0.3, 0.4) is 0 Å². The highest BCUT2D eigenvalue weighted by atomic mass is 32.2. The molecule has 0 atom stereocenters. The van der Waals surface area contributed by atoms with Crippen LogP contribution in [-0.4, -0.2) is 36.4 Å². The highest BCUT2D eigenvalue weighted by Crippen LogP contribution is 2.24. The largest absolute Gasteiger partial charge is 0.483 e. The van der Waals surface area contributed by atoms with Gasteiger partial charge >= 0.3 is 0 Å². The molecule has 1 amide bonds. The van der Waals surface area contributed by atoms with Crippen molar-refractivity contribution in [2.45, 2.75) is 30.6 Å². The van der Waals surface area contributed by atoms with E-state index < -0.39 is 26.0 Å². The van der Waals surface area contributed by atoms with E-state index in [0.29, 0.717) is 28.3 Å². The van der Waals surface area contributed by atoms with Crippen molar-refractivity contribution in [2.75, 3.05) is 23.7 Å². The summed E-state index contributed by atoms with van der Waals surface area (Å²) in [6.45, 7) is 4.97. The topological polar surface area (TPSA) is 131 Å². The summed E-state index contributed by atoms with van der Waals surface area (Å²) in [6, 6.07) is 15.7. The van der Waals surface area contributed by atoms with Crippen LogP contribution in [0.15, 0.2) is 70.5 Å². The minimum absolute atomic E-state index is 0.0220. The molecule has 9 nitrogen and oxygen atoms in total. The van der Waals surface area contributed by atoms with Crippen LogP contribution in [0.1, 0.15) is 16.7 Å². The minimum Gasteiger partial charge on any atom is -0.483 e. The molecule has 3 aromatic rings. The number of carbonyl (C=O) groups excluding carboxylic acids is 1. The molecule has 0 aliphatic heterocycles. The van der Waals surface area contributed by atoms with Crippen LogP contribution < -0.4 is 19.5 Å². The van der Waals surface area contributed by atoms with Gasteiger partial charge < -0.3 is 10.1 Å². The van der Waals surface area contributed by atoms with Gasteiger partial charge in [-0.2, -0.15) is 0 Å². The smallest absolute Gasteiger partial charge is 0.262 e. The fraction of sp³-hybridized carbons (Fsp3) is 0.208. The Hall–Kier alpha value is -3.41. The summed E-state index contributed by atoms with van der Waals surface area (Å²) in [5.41, 5.74) is 3.02. The lowest BCUT2D eigenvalue weighted by atomic mass is 10.2. The standard InChI is InChI=1S/C24H27N3O6S2/c1-16-5-8-19(9-6-16)27-35(31,32)20-11-12-23(18(3)13-20)33-15-24(28)26-22-14-21(10-7-17(22)2)34(29,30)25-4/h5-14,25,27H,15H2,1-4H3,(H,26,28). The summed E-state index contributed by atoms with van der Waals surface area (Å²) >= 11 is 0. The van der Waals surface area contributed by atoms with Crippen LogP contribution in [-0.2, 0) is 24.8 Å². The summed E-state index contributed by atoms with van der Waals surface area (Å²) < 4.78 is 59.8. The zero-order valence-corrected chi connectivity index (χ0v) is 21.4. The first-order valence-electron chi connectivity index (χ1n) is 10.6. The molecule has 186 valence electrons. The second-order valence-corrected chi connectivity index (χ2v) is 11.5. The Labute approximate surface area is 205 Å². The van der Waals surface area contributed by atoms with Crippen LogP contribution in [0.5, 0.6) is 5.75 Å². The first-order chi connectivity index (χ1) is 16.4. The number of benzene rings is 3. The van der Waals surface area contributed by atoms with Gasteiger partial charge in [-0.25, -0.2) is 21.6 Å². The molecule has 0 aliphatic carbocycles. The second-order valence-electron chi connectivity index (χ2n) is 7.92. The third-order valence-electron chi connectivity index (χ3n) is 5.18. The van der Waals surface area contributed by atoms with Crippen LogP contribution in [0, 0.1) is 20.8 Å². The zero-order valence-electron chi connectivity index (χ0n) is 19.7. The van der Waals surface area contributed by atoms with Crippen molar-refractivity contribution in [2.24, 2.45) is 0 Å². The number of hydrogen-bond acceptors (Lipinski definition) is 6. The van der Waals surface area contributed by atoms with Gasteiger partial charge in [0.2, 0.25) is 10.0 Å². The van der Waals surface area contributed by atoms with Crippen molar-refractivity contribution >= 4 is 37.3 Å². The molecule has 35 heavy (non-hydrogen) atoms. The molecular formula is C24H27N3O6S2. The molecular weight excluding hydrogens is 490 g/mol. The molecule has 0 aliphatic rings. The monoisotopic (exact) mass is 517 g/mol. The van der Waals surface area contributed by atoms with E-state index in [-0.39, 0.29) is 16.4 Å². The number of sulfonamides is 2. The van der Waals surface area contributed by atoms with E-state index in [0.717, 1.165) is 5.56 Å². The Morgan fingerprint density at radius 2 is 1.43 bits per heavy atom. The van der Waals surface area contributed by atoms with E-state index in [1.807, 2.05) is 19.1 Å². The number of rotatable bonds is 9. The van der Waals surface area contributed by atoms with Crippen LogP contribution in [0.2, 0.25) is 0 Å². The third-order valence-corrected chi connectivity index (χ3v) is 7.97. The zero-order chi connectivity index (χ0) is 25.8. The molecule has 0 spiro atoms. The number of hydrogen-bond donors (Lipinski definition) is 3. The molecule has 0 radical (unpaired) electrons. The first-order valence-corrected chi connectivity index (χ1v) is 13.5. The van der Waals surface area contributed by atoms with Gasteiger partial charge in [0.05, 0.1) is 9.79 Å². The number of amides is 1. The maximum absolute atomic E-state index is 12.7. The van der Waals surface area contributed by atoms with Crippen molar-refractivity contribution in [3.8, 4) is 5.75 Å². The lowest BCUT2D eigenvalue weighted by Crippen LogP contribution is -2.22. The van der Waals surface area contributed by atoms with Gasteiger partial charge in [-0.15, -0.1) is 0 Å². The predicted molar refractivity (Wildman–Crippen MR) is 135 cm³/mol. The third kappa shape index (κ3) is 6.59. The van der Waals surface area contributed by atoms with E-state index in [2.05, 4.69) is 14.8 Å². The predicted octanol–water partition coefficient (Wildman–Crippen LogP) is 3.34. The Balaban J connectivity index is 1.67. The van der Waals surface area contributed by atoms with E-state index in [4.69, 9.17) is 4.74 Å². The summed E-state index contributed by atoms with van der Waals surface area (Å²) in [5.74, 6) is -0.151. The van der Waals surface area contributed by atoms with Crippen molar-refractivity contribution in [1.29, 1.82) is 0 Å². The number of nitrogens with one attached hydrogen (secondary N) is 3. The Morgan fingerprint density at radius 1 is 0.800 bits per heavy atom. The fourth-order valence-corrected chi connectivity index (χ4v) is 5.04. The van der Waals surface area contributed by atoms with E-state index >= 15 is 0 Å². The van der Waals surface area contributed by atoms with Gasteiger partial charge in [-0.05, 0) is 81.4 Å². The van der Waals surface area contributed by atoms with Gasteiger partial charge in [0.15, 0.2) is 6.61 Å². The number of ether oxygens (including phenoxy) is 1. The van der Waals surface area contributed by atoms with E-state index in [1.165, 1.54) is 37.4 Å².